The highest BCUT2D eigenvalue weighted by molar-refractivity contribution is 5.62. The summed E-state index contributed by atoms with van der Waals surface area (Å²) in [6.07, 6.45) is 1.13. The van der Waals surface area contributed by atoms with Crippen LogP contribution in [0.15, 0.2) is 18.2 Å². The zero-order valence-electron chi connectivity index (χ0n) is 11.4. The molecule has 2 N–H and O–H groups in total. The first kappa shape index (κ1) is 13.7. The highest BCUT2D eigenvalue weighted by Crippen LogP contribution is 2.29. The molecular weight excluding hydrogens is 212 g/mol. The summed E-state index contributed by atoms with van der Waals surface area (Å²) >= 11 is 0. The topological polar surface area (TPSA) is 38.5 Å². The minimum Gasteiger partial charge on any atom is -0.492 e. The van der Waals surface area contributed by atoms with Crippen LogP contribution in [0, 0.1) is 0 Å². The van der Waals surface area contributed by atoms with Crippen molar-refractivity contribution in [3.63, 3.8) is 0 Å². The van der Waals surface area contributed by atoms with Crippen LogP contribution >= 0.6 is 0 Å². The summed E-state index contributed by atoms with van der Waals surface area (Å²) < 4.78 is 5.53. The number of anilines is 2. The molecule has 0 radical (unpaired) electrons. The lowest BCUT2D eigenvalue weighted by Gasteiger charge is -2.30. The van der Waals surface area contributed by atoms with E-state index in [1.807, 2.05) is 19.1 Å². The van der Waals surface area contributed by atoms with E-state index in [9.17, 15) is 0 Å². The Hall–Kier alpha value is -1.38. The summed E-state index contributed by atoms with van der Waals surface area (Å²) in [7, 11) is 0. The van der Waals surface area contributed by atoms with Gasteiger partial charge in [-0.3, -0.25) is 0 Å². The van der Waals surface area contributed by atoms with E-state index in [0.717, 1.165) is 18.7 Å². The van der Waals surface area contributed by atoms with Crippen molar-refractivity contribution in [1.82, 2.24) is 0 Å². The minimum atomic E-state index is 0.526. The molecule has 17 heavy (non-hydrogen) atoms. The van der Waals surface area contributed by atoms with Gasteiger partial charge in [0.25, 0.3) is 0 Å². The number of hydrogen-bond donors (Lipinski definition) is 1. The molecule has 0 amide bonds. The fourth-order valence-corrected chi connectivity index (χ4v) is 1.95. The molecule has 3 heteroatoms. The summed E-state index contributed by atoms with van der Waals surface area (Å²) in [6, 6.07) is 6.55. The Labute approximate surface area is 105 Å². The van der Waals surface area contributed by atoms with Crippen molar-refractivity contribution in [3.05, 3.63) is 18.2 Å². The monoisotopic (exact) mass is 236 g/mol. The van der Waals surface area contributed by atoms with E-state index < -0.39 is 0 Å². The van der Waals surface area contributed by atoms with E-state index in [0.29, 0.717) is 18.3 Å². The van der Waals surface area contributed by atoms with Crippen LogP contribution in [0.4, 0.5) is 11.4 Å². The fourth-order valence-electron chi connectivity index (χ4n) is 1.95. The molecule has 0 saturated carbocycles. The molecule has 1 aromatic rings. The molecule has 0 spiro atoms. The van der Waals surface area contributed by atoms with E-state index in [4.69, 9.17) is 10.5 Å². The van der Waals surface area contributed by atoms with Crippen molar-refractivity contribution in [3.8, 4) is 5.75 Å². The Bertz CT molecular complexity index is 352. The molecule has 3 nitrogen and oxygen atoms in total. The Kier molecular flexibility index (Phi) is 5.13. The van der Waals surface area contributed by atoms with Crippen molar-refractivity contribution in [2.24, 2.45) is 0 Å². The molecule has 1 atom stereocenters. The fraction of sp³-hybridized carbons (Fsp3) is 0.571. The molecule has 0 fully saturated rings. The largest absolute Gasteiger partial charge is 0.492 e. The van der Waals surface area contributed by atoms with Crippen LogP contribution in [0.2, 0.25) is 0 Å². The SMILES string of the molecule is CCOc1cc(N(CC)C(C)CC)ccc1N. The smallest absolute Gasteiger partial charge is 0.144 e. The van der Waals surface area contributed by atoms with Crippen molar-refractivity contribution < 1.29 is 4.74 Å². The van der Waals surface area contributed by atoms with E-state index in [1.165, 1.54) is 5.69 Å². The minimum absolute atomic E-state index is 0.526. The van der Waals surface area contributed by atoms with Crippen LogP contribution in [-0.4, -0.2) is 19.2 Å². The van der Waals surface area contributed by atoms with Gasteiger partial charge in [-0.25, -0.2) is 0 Å². The molecule has 0 aliphatic heterocycles. The number of nitrogens with two attached hydrogens (primary N) is 1. The predicted molar refractivity (Wildman–Crippen MR) is 74.8 cm³/mol. The lowest BCUT2D eigenvalue weighted by Crippen LogP contribution is -2.32. The van der Waals surface area contributed by atoms with Gasteiger partial charge in [0.2, 0.25) is 0 Å². The average molecular weight is 236 g/mol. The molecule has 0 heterocycles. The molecule has 96 valence electrons. The normalized spacial score (nSPS) is 12.2. The van der Waals surface area contributed by atoms with Crippen LogP contribution in [0.3, 0.4) is 0 Å². The summed E-state index contributed by atoms with van der Waals surface area (Å²) in [5.41, 5.74) is 7.77. The average Bonchev–Trinajstić information content (AvgIpc) is 2.34. The number of rotatable bonds is 6. The maximum absolute atomic E-state index is 5.88. The summed E-state index contributed by atoms with van der Waals surface area (Å²) in [6.45, 7) is 10.2. The second-order valence-corrected chi connectivity index (χ2v) is 4.20. The lowest BCUT2D eigenvalue weighted by atomic mass is 10.1. The van der Waals surface area contributed by atoms with Crippen molar-refractivity contribution >= 4 is 11.4 Å². The highest BCUT2D eigenvalue weighted by Gasteiger charge is 2.12. The Morgan fingerprint density at radius 2 is 2.00 bits per heavy atom. The quantitative estimate of drug-likeness (QED) is 0.770. The second-order valence-electron chi connectivity index (χ2n) is 4.20. The third kappa shape index (κ3) is 3.29. The van der Waals surface area contributed by atoms with Gasteiger partial charge in [0.1, 0.15) is 5.75 Å². The third-order valence-corrected chi connectivity index (χ3v) is 3.09. The Balaban J connectivity index is 2.99. The number of nitrogen functional groups attached to an aromatic ring is 1. The molecular formula is C14H24N2O. The summed E-state index contributed by atoms with van der Waals surface area (Å²) in [5, 5.41) is 0. The Morgan fingerprint density at radius 3 is 2.53 bits per heavy atom. The number of hydrogen-bond acceptors (Lipinski definition) is 3. The molecule has 0 aliphatic rings. The van der Waals surface area contributed by atoms with E-state index in [-0.39, 0.29) is 0 Å². The molecule has 1 unspecified atom stereocenters. The zero-order chi connectivity index (χ0) is 12.8. The standard InChI is InChI=1S/C14H24N2O/c1-5-11(4)16(6-2)12-8-9-13(15)14(10-12)17-7-3/h8-11H,5-7,15H2,1-4H3. The zero-order valence-corrected chi connectivity index (χ0v) is 11.4. The first-order chi connectivity index (χ1) is 8.13. The van der Waals surface area contributed by atoms with E-state index in [1.54, 1.807) is 0 Å². The molecule has 0 bridgehead atoms. The first-order valence-corrected chi connectivity index (χ1v) is 6.42. The van der Waals surface area contributed by atoms with Gasteiger partial charge < -0.3 is 15.4 Å². The lowest BCUT2D eigenvalue weighted by molar-refractivity contribution is 0.342. The third-order valence-electron chi connectivity index (χ3n) is 3.09. The molecule has 0 aromatic heterocycles. The molecule has 1 aromatic carbocycles. The Morgan fingerprint density at radius 1 is 1.29 bits per heavy atom. The number of nitrogens with zero attached hydrogens (tertiary/aromatic N) is 1. The number of ether oxygens (including phenoxy) is 1. The van der Waals surface area contributed by atoms with Crippen LogP contribution in [-0.2, 0) is 0 Å². The van der Waals surface area contributed by atoms with Gasteiger partial charge in [0, 0.05) is 24.3 Å². The first-order valence-electron chi connectivity index (χ1n) is 6.42. The van der Waals surface area contributed by atoms with Crippen molar-refractivity contribution in [2.75, 3.05) is 23.8 Å². The molecule has 1 rings (SSSR count). The second kappa shape index (κ2) is 6.38. The van der Waals surface area contributed by atoms with Crippen LogP contribution < -0.4 is 15.4 Å². The van der Waals surface area contributed by atoms with Crippen molar-refractivity contribution in [1.29, 1.82) is 0 Å². The van der Waals surface area contributed by atoms with Crippen LogP contribution in [0.1, 0.15) is 34.1 Å². The van der Waals surface area contributed by atoms with Gasteiger partial charge in [-0.15, -0.1) is 0 Å². The molecule has 0 saturated heterocycles. The van der Waals surface area contributed by atoms with Gasteiger partial charge >= 0.3 is 0 Å². The van der Waals surface area contributed by atoms with Crippen molar-refractivity contribution in [2.45, 2.75) is 40.2 Å². The van der Waals surface area contributed by atoms with Gasteiger partial charge in [0.15, 0.2) is 0 Å². The maximum atomic E-state index is 5.88. The maximum Gasteiger partial charge on any atom is 0.144 e. The van der Waals surface area contributed by atoms with Gasteiger partial charge in [0.05, 0.1) is 12.3 Å². The summed E-state index contributed by atoms with van der Waals surface area (Å²) in [4.78, 5) is 2.36. The van der Waals surface area contributed by atoms with Crippen LogP contribution in [0.5, 0.6) is 5.75 Å². The molecule has 0 aliphatic carbocycles. The number of benzene rings is 1. The highest BCUT2D eigenvalue weighted by atomic mass is 16.5. The van der Waals surface area contributed by atoms with Crippen LogP contribution in [0.25, 0.3) is 0 Å². The van der Waals surface area contributed by atoms with Gasteiger partial charge in [-0.05, 0) is 39.3 Å². The van der Waals surface area contributed by atoms with Gasteiger partial charge in [-0.2, -0.15) is 0 Å². The van der Waals surface area contributed by atoms with E-state index >= 15 is 0 Å². The van der Waals surface area contributed by atoms with Gasteiger partial charge in [-0.1, -0.05) is 6.92 Å². The summed E-state index contributed by atoms with van der Waals surface area (Å²) in [5.74, 6) is 0.784. The predicted octanol–water partition coefficient (Wildman–Crippen LogP) is 3.29. The van der Waals surface area contributed by atoms with E-state index in [2.05, 4.69) is 31.7 Å².